The quantitative estimate of drug-likeness (QED) is 0.756. The van der Waals surface area contributed by atoms with Crippen LogP contribution < -0.4 is 10.1 Å². The van der Waals surface area contributed by atoms with Gasteiger partial charge in [0, 0.05) is 42.0 Å². The van der Waals surface area contributed by atoms with E-state index >= 15 is 0 Å². The molecule has 1 fully saturated rings. The van der Waals surface area contributed by atoms with E-state index in [1.54, 1.807) is 12.1 Å². The Hall–Kier alpha value is -2.45. The first kappa shape index (κ1) is 20.8. The minimum absolute atomic E-state index is 0.0790. The van der Waals surface area contributed by atoms with Crippen molar-refractivity contribution in [2.75, 3.05) is 25.5 Å². The van der Waals surface area contributed by atoms with Crippen molar-refractivity contribution in [1.82, 2.24) is 4.31 Å². The average molecular weight is 433 g/mol. The fourth-order valence-electron chi connectivity index (χ4n) is 4.32. The first-order valence-corrected chi connectivity index (χ1v) is 11.6. The fraction of sp³-hybridized carbons (Fsp3) is 0.409. The normalized spacial score (nSPS) is 19.6. The van der Waals surface area contributed by atoms with E-state index < -0.39 is 15.8 Å². The van der Waals surface area contributed by atoms with E-state index in [1.807, 2.05) is 6.92 Å². The molecule has 2 aliphatic rings. The van der Waals surface area contributed by atoms with Gasteiger partial charge >= 0.3 is 0 Å². The third-order valence-corrected chi connectivity index (χ3v) is 7.75. The number of carbonyl (C=O) groups excluding carboxylic acids is 1. The number of anilines is 2. The lowest BCUT2D eigenvalue weighted by molar-refractivity contribution is 0.0991. The predicted octanol–water partition coefficient (Wildman–Crippen LogP) is 4.44. The number of benzene rings is 2. The van der Waals surface area contributed by atoms with Crippen LogP contribution in [0.25, 0.3) is 0 Å². The summed E-state index contributed by atoms with van der Waals surface area (Å²) < 4.78 is 47.5. The smallest absolute Gasteiger partial charge is 0.246 e. The lowest BCUT2D eigenvalue weighted by Crippen LogP contribution is -2.35. The van der Waals surface area contributed by atoms with Gasteiger partial charge in [-0.05, 0) is 49.1 Å². The van der Waals surface area contributed by atoms with E-state index in [4.69, 9.17) is 4.74 Å². The van der Waals surface area contributed by atoms with Gasteiger partial charge in [-0.3, -0.25) is 4.79 Å². The minimum Gasteiger partial charge on any atom is -0.495 e. The zero-order chi connectivity index (χ0) is 21.5. The lowest BCUT2D eigenvalue weighted by Gasteiger charge is -2.26. The van der Waals surface area contributed by atoms with E-state index in [9.17, 15) is 17.6 Å². The van der Waals surface area contributed by atoms with Gasteiger partial charge in [-0.15, -0.1) is 0 Å². The number of sulfonamides is 1. The van der Waals surface area contributed by atoms with Gasteiger partial charge in [0.2, 0.25) is 10.0 Å². The monoisotopic (exact) mass is 432 g/mol. The van der Waals surface area contributed by atoms with E-state index in [2.05, 4.69) is 5.32 Å². The maximum absolute atomic E-state index is 14.3. The topological polar surface area (TPSA) is 75.7 Å². The van der Waals surface area contributed by atoms with Gasteiger partial charge in [-0.2, -0.15) is 4.31 Å². The van der Waals surface area contributed by atoms with Crippen LogP contribution in [0.15, 0.2) is 35.2 Å². The molecule has 1 N–H and O–H groups in total. The third-order valence-electron chi connectivity index (χ3n) is 5.83. The van der Waals surface area contributed by atoms with Gasteiger partial charge in [0.25, 0.3) is 0 Å². The molecule has 0 bridgehead atoms. The van der Waals surface area contributed by atoms with Crippen LogP contribution in [0.3, 0.4) is 0 Å². The Morgan fingerprint density at radius 3 is 2.57 bits per heavy atom. The average Bonchev–Trinajstić information content (AvgIpc) is 3.05. The van der Waals surface area contributed by atoms with Gasteiger partial charge in [0.1, 0.15) is 16.5 Å². The number of fused-ring (bicyclic) bond motifs is 1. The Bertz CT molecular complexity index is 1090. The van der Waals surface area contributed by atoms with E-state index in [1.165, 1.54) is 29.6 Å². The van der Waals surface area contributed by atoms with E-state index in [-0.39, 0.29) is 28.8 Å². The van der Waals surface area contributed by atoms with Crippen molar-refractivity contribution in [3.8, 4) is 5.75 Å². The molecule has 1 atom stereocenters. The number of piperidine rings is 1. The van der Waals surface area contributed by atoms with Crippen molar-refractivity contribution in [1.29, 1.82) is 0 Å². The first-order chi connectivity index (χ1) is 14.3. The number of ketones is 1. The molecule has 6 nitrogen and oxygen atoms in total. The second-order valence-corrected chi connectivity index (χ2v) is 9.77. The standard InChI is InChI=1S/C22H25FN2O4S/c1-14-12-18(26)22-17(8-7-16(23)21(14)22)24-15-6-9-19(29-2)20(13-15)30(27,28)25-10-4-3-5-11-25/h6-9,13-14,24H,3-5,10-12H2,1-2H3. The van der Waals surface area contributed by atoms with Crippen LogP contribution in [0, 0.1) is 5.82 Å². The second kappa shape index (κ2) is 8.00. The number of methoxy groups -OCH3 is 1. The summed E-state index contributed by atoms with van der Waals surface area (Å²) in [6.07, 6.45) is 2.96. The Morgan fingerprint density at radius 1 is 1.13 bits per heavy atom. The van der Waals surface area contributed by atoms with Crippen molar-refractivity contribution in [2.24, 2.45) is 0 Å². The number of hydrogen-bond donors (Lipinski definition) is 1. The van der Waals surface area contributed by atoms with Crippen LogP contribution in [0.2, 0.25) is 0 Å². The highest BCUT2D eigenvalue weighted by Gasteiger charge is 2.32. The van der Waals surface area contributed by atoms with Crippen molar-refractivity contribution >= 4 is 27.2 Å². The molecule has 1 aliphatic carbocycles. The molecule has 1 unspecified atom stereocenters. The molecule has 0 radical (unpaired) electrons. The van der Waals surface area contributed by atoms with Crippen LogP contribution in [0.1, 0.15) is 54.4 Å². The summed E-state index contributed by atoms with van der Waals surface area (Å²) >= 11 is 0. The Labute approximate surface area is 176 Å². The summed E-state index contributed by atoms with van der Waals surface area (Å²) in [4.78, 5) is 12.5. The maximum Gasteiger partial charge on any atom is 0.246 e. The van der Waals surface area contributed by atoms with Crippen molar-refractivity contribution in [3.05, 3.63) is 47.3 Å². The van der Waals surface area contributed by atoms with Gasteiger partial charge in [0.15, 0.2) is 5.78 Å². The summed E-state index contributed by atoms with van der Waals surface area (Å²) in [6.45, 7) is 2.80. The molecule has 4 rings (SSSR count). The minimum atomic E-state index is -3.72. The highest BCUT2D eigenvalue weighted by Crippen LogP contribution is 2.40. The molecular formula is C22H25FN2O4S. The second-order valence-electron chi connectivity index (χ2n) is 7.87. The Kier molecular flexibility index (Phi) is 5.55. The maximum atomic E-state index is 14.3. The number of Topliss-reactive ketones (excluding diaryl/α,β-unsaturated/α-hetero) is 1. The van der Waals surface area contributed by atoms with Gasteiger partial charge in [-0.25, -0.2) is 12.8 Å². The molecule has 0 saturated carbocycles. The van der Waals surface area contributed by atoms with Crippen LogP contribution in [0.5, 0.6) is 5.75 Å². The van der Waals surface area contributed by atoms with E-state index in [0.29, 0.717) is 35.6 Å². The third kappa shape index (κ3) is 3.58. The first-order valence-electron chi connectivity index (χ1n) is 10.1. The number of hydrogen-bond acceptors (Lipinski definition) is 5. The molecule has 160 valence electrons. The van der Waals surface area contributed by atoms with Crippen molar-refractivity contribution in [2.45, 2.75) is 43.4 Å². The molecule has 0 amide bonds. The molecule has 0 aromatic heterocycles. The van der Waals surface area contributed by atoms with Crippen LogP contribution in [-0.4, -0.2) is 38.7 Å². The number of halogens is 1. The summed E-state index contributed by atoms with van der Waals surface area (Å²) in [5.74, 6) is -0.425. The number of nitrogens with zero attached hydrogens (tertiary/aromatic N) is 1. The fourth-order valence-corrected chi connectivity index (χ4v) is 6.02. The molecule has 1 heterocycles. The van der Waals surface area contributed by atoms with Gasteiger partial charge < -0.3 is 10.1 Å². The van der Waals surface area contributed by atoms with E-state index in [0.717, 1.165) is 19.3 Å². The zero-order valence-electron chi connectivity index (χ0n) is 17.1. The zero-order valence-corrected chi connectivity index (χ0v) is 17.9. The molecule has 8 heteroatoms. The molecule has 30 heavy (non-hydrogen) atoms. The molecule has 1 aliphatic heterocycles. The van der Waals surface area contributed by atoms with Gasteiger partial charge in [-0.1, -0.05) is 13.3 Å². The number of ether oxygens (including phenoxy) is 1. The molecular weight excluding hydrogens is 407 g/mol. The number of carbonyl (C=O) groups is 1. The highest BCUT2D eigenvalue weighted by atomic mass is 32.2. The number of rotatable bonds is 5. The van der Waals surface area contributed by atoms with Crippen LogP contribution in [-0.2, 0) is 10.0 Å². The van der Waals surface area contributed by atoms with Crippen LogP contribution >= 0.6 is 0 Å². The largest absolute Gasteiger partial charge is 0.495 e. The van der Waals surface area contributed by atoms with Crippen LogP contribution in [0.4, 0.5) is 15.8 Å². The number of nitrogens with one attached hydrogen (secondary N) is 1. The predicted molar refractivity (Wildman–Crippen MR) is 113 cm³/mol. The summed E-state index contributed by atoms with van der Waals surface area (Å²) in [5, 5.41) is 3.12. The molecule has 1 saturated heterocycles. The Balaban J connectivity index is 1.73. The molecule has 2 aromatic rings. The Morgan fingerprint density at radius 2 is 1.87 bits per heavy atom. The lowest BCUT2D eigenvalue weighted by atomic mass is 10.0. The summed E-state index contributed by atoms with van der Waals surface area (Å²) in [5.41, 5.74) is 1.73. The molecule has 2 aromatic carbocycles. The summed E-state index contributed by atoms with van der Waals surface area (Å²) in [6, 6.07) is 7.65. The SMILES string of the molecule is COc1ccc(Nc2ccc(F)c3c2C(=O)CC3C)cc1S(=O)(=O)N1CCCCC1. The summed E-state index contributed by atoms with van der Waals surface area (Å²) in [7, 11) is -2.28. The molecule has 0 spiro atoms. The van der Waals surface area contributed by atoms with Crippen molar-refractivity contribution < 1.29 is 22.3 Å². The van der Waals surface area contributed by atoms with Gasteiger partial charge in [0.05, 0.1) is 7.11 Å². The highest BCUT2D eigenvalue weighted by molar-refractivity contribution is 7.89. The van der Waals surface area contributed by atoms with Crippen molar-refractivity contribution in [3.63, 3.8) is 0 Å².